The number of anilines is 1. The van der Waals surface area contributed by atoms with Crippen LogP contribution in [0.5, 0.6) is 0 Å². The van der Waals surface area contributed by atoms with Gasteiger partial charge in [0.25, 0.3) is 0 Å². The minimum absolute atomic E-state index is 0.510. The number of halogens is 1. The Labute approximate surface area is 110 Å². The zero-order valence-corrected chi connectivity index (χ0v) is 10.6. The van der Waals surface area contributed by atoms with E-state index in [1.54, 1.807) is 6.33 Å². The van der Waals surface area contributed by atoms with Crippen molar-refractivity contribution in [3.05, 3.63) is 40.9 Å². The van der Waals surface area contributed by atoms with Gasteiger partial charge in [0.15, 0.2) is 5.82 Å². The Bertz CT molecular complexity index is 565. The monoisotopic (exact) mass is 263 g/mol. The average Bonchev–Trinajstić information content (AvgIpc) is 2.85. The molecule has 1 aliphatic rings. The van der Waals surface area contributed by atoms with Gasteiger partial charge < -0.3 is 15.2 Å². The molecule has 2 aromatic rings. The first-order valence-corrected chi connectivity index (χ1v) is 6.26. The highest BCUT2D eigenvalue weighted by Crippen LogP contribution is 2.27. The molecule has 0 saturated carbocycles. The Hall–Kier alpha value is -1.59. The van der Waals surface area contributed by atoms with Crippen LogP contribution in [0.2, 0.25) is 5.02 Å². The third-order valence-electron chi connectivity index (χ3n) is 3.25. The van der Waals surface area contributed by atoms with Gasteiger partial charge in [-0.2, -0.15) is 0 Å². The molecule has 2 heterocycles. The molecule has 3 rings (SSSR count). The Kier molecular flexibility index (Phi) is 2.93. The highest BCUT2D eigenvalue weighted by Gasteiger charge is 2.19. The van der Waals surface area contributed by atoms with Crippen LogP contribution in [0.15, 0.2) is 24.5 Å². The van der Waals surface area contributed by atoms with E-state index in [2.05, 4.69) is 19.7 Å². The summed E-state index contributed by atoms with van der Waals surface area (Å²) in [7, 11) is 0. The fraction of sp³-hybridized carbons (Fsp3) is 0.333. The summed E-state index contributed by atoms with van der Waals surface area (Å²) < 4.78 is 2.07. The lowest BCUT2D eigenvalue weighted by molar-refractivity contribution is 0.559. The molecular formula is C12H14ClN5. The van der Waals surface area contributed by atoms with Gasteiger partial charge in [-0.15, -0.1) is 10.2 Å². The molecule has 1 aromatic carbocycles. The van der Waals surface area contributed by atoms with E-state index in [1.807, 2.05) is 18.2 Å². The molecule has 0 amide bonds. The first-order valence-electron chi connectivity index (χ1n) is 5.88. The van der Waals surface area contributed by atoms with E-state index in [-0.39, 0.29) is 0 Å². The molecule has 0 spiro atoms. The first-order chi connectivity index (χ1) is 8.78. The number of nitrogens with zero attached hydrogens (tertiary/aromatic N) is 4. The minimum atomic E-state index is 0.510. The predicted octanol–water partition coefficient (Wildman–Crippen LogP) is 1.41. The van der Waals surface area contributed by atoms with Crippen molar-refractivity contribution in [3.8, 4) is 0 Å². The van der Waals surface area contributed by atoms with E-state index >= 15 is 0 Å². The van der Waals surface area contributed by atoms with Gasteiger partial charge in [-0.1, -0.05) is 17.7 Å². The average molecular weight is 264 g/mol. The molecule has 0 unspecified atom stereocenters. The summed E-state index contributed by atoms with van der Waals surface area (Å²) in [5.41, 5.74) is 7.98. The van der Waals surface area contributed by atoms with Crippen molar-refractivity contribution in [3.63, 3.8) is 0 Å². The number of benzene rings is 1. The van der Waals surface area contributed by atoms with Crippen LogP contribution in [-0.2, 0) is 19.6 Å². The van der Waals surface area contributed by atoms with Crippen LogP contribution in [0.4, 0.5) is 5.69 Å². The van der Waals surface area contributed by atoms with Gasteiger partial charge in [-0.3, -0.25) is 0 Å². The molecule has 5 nitrogen and oxygen atoms in total. The quantitative estimate of drug-likeness (QED) is 0.890. The maximum absolute atomic E-state index is 6.07. The van der Waals surface area contributed by atoms with Gasteiger partial charge in [-0.05, 0) is 17.7 Å². The van der Waals surface area contributed by atoms with Gasteiger partial charge in [-0.25, -0.2) is 0 Å². The van der Waals surface area contributed by atoms with Gasteiger partial charge in [0.05, 0.1) is 6.54 Å². The zero-order valence-electron chi connectivity index (χ0n) is 9.88. The van der Waals surface area contributed by atoms with E-state index in [4.69, 9.17) is 17.3 Å². The number of nitrogens with two attached hydrogens (primary N) is 1. The maximum atomic E-state index is 6.07. The summed E-state index contributed by atoms with van der Waals surface area (Å²) in [4.78, 5) is 2.25. The Morgan fingerprint density at radius 3 is 3.06 bits per heavy atom. The van der Waals surface area contributed by atoms with Crippen LogP contribution in [0, 0.1) is 0 Å². The number of hydrogen-bond acceptors (Lipinski definition) is 4. The van der Waals surface area contributed by atoms with Gasteiger partial charge in [0.2, 0.25) is 0 Å². The van der Waals surface area contributed by atoms with Crippen LogP contribution >= 0.6 is 11.6 Å². The highest BCUT2D eigenvalue weighted by atomic mass is 35.5. The number of hydrogen-bond donors (Lipinski definition) is 1. The fourth-order valence-corrected chi connectivity index (χ4v) is 2.44. The lowest BCUT2D eigenvalue weighted by atomic mass is 10.1. The van der Waals surface area contributed by atoms with E-state index in [0.29, 0.717) is 6.54 Å². The van der Waals surface area contributed by atoms with Crippen LogP contribution < -0.4 is 10.6 Å². The Morgan fingerprint density at radius 2 is 2.22 bits per heavy atom. The molecule has 2 N–H and O–H groups in total. The summed E-state index contributed by atoms with van der Waals surface area (Å²) in [6, 6.07) is 5.83. The van der Waals surface area contributed by atoms with E-state index in [9.17, 15) is 0 Å². The number of fused-ring (bicyclic) bond motifs is 1. The molecule has 1 aliphatic heterocycles. The minimum Gasteiger partial charge on any atom is -0.362 e. The highest BCUT2D eigenvalue weighted by molar-refractivity contribution is 6.30. The van der Waals surface area contributed by atoms with Crippen molar-refractivity contribution in [1.82, 2.24) is 14.8 Å². The Balaban J connectivity index is 1.94. The molecule has 0 aliphatic carbocycles. The molecular weight excluding hydrogens is 250 g/mol. The van der Waals surface area contributed by atoms with Crippen molar-refractivity contribution < 1.29 is 0 Å². The second-order valence-electron chi connectivity index (χ2n) is 4.34. The van der Waals surface area contributed by atoms with Crippen molar-refractivity contribution in [2.45, 2.75) is 19.6 Å². The summed E-state index contributed by atoms with van der Waals surface area (Å²) in [5.74, 6) is 0.976. The zero-order chi connectivity index (χ0) is 12.5. The van der Waals surface area contributed by atoms with Gasteiger partial charge in [0.1, 0.15) is 6.33 Å². The fourth-order valence-electron chi connectivity index (χ4n) is 2.28. The lowest BCUT2D eigenvalue weighted by Crippen LogP contribution is -2.34. The van der Waals surface area contributed by atoms with E-state index < -0.39 is 0 Å². The molecule has 0 fully saturated rings. The van der Waals surface area contributed by atoms with Crippen LogP contribution in [0.1, 0.15) is 11.4 Å². The summed E-state index contributed by atoms with van der Waals surface area (Å²) in [5, 5.41) is 8.78. The van der Waals surface area contributed by atoms with Crippen LogP contribution in [-0.4, -0.2) is 21.3 Å². The second-order valence-corrected chi connectivity index (χ2v) is 4.78. The molecule has 1 aromatic heterocycles. The predicted molar refractivity (Wildman–Crippen MR) is 70.4 cm³/mol. The number of aromatic nitrogens is 3. The van der Waals surface area contributed by atoms with Crippen LogP contribution in [0.25, 0.3) is 0 Å². The molecule has 0 radical (unpaired) electrons. The van der Waals surface area contributed by atoms with Crippen molar-refractivity contribution in [2.75, 3.05) is 11.4 Å². The van der Waals surface area contributed by atoms with Gasteiger partial charge >= 0.3 is 0 Å². The first kappa shape index (κ1) is 11.5. The second kappa shape index (κ2) is 4.59. The molecule has 18 heavy (non-hydrogen) atoms. The molecule has 6 heteroatoms. The summed E-state index contributed by atoms with van der Waals surface area (Å²) in [6.07, 6.45) is 1.77. The normalized spacial score (nSPS) is 14.7. The molecule has 0 saturated heterocycles. The SMILES string of the molecule is NCc1ccc(Cl)cc1N1CCn2cnnc2C1. The molecule has 94 valence electrons. The van der Waals surface area contributed by atoms with Gasteiger partial charge in [0, 0.05) is 30.3 Å². The third kappa shape index (κ3) is 1.95. The van der Waals surface area contributed by atoms with Crippen molar-refractivity contribution in [1.29, 1.82) is 0 Å². The smallest absolute Gasteiger partial charge is 0.152 e. The Morgan fingerprint density at radius 1 is 1.33 bits per heavy atom. The molecule has 0 atom stereocenters. The van der Waals surface area contributed by atoms with E-state index in [1.165, 1.54) is 0 Å². The van der Waals surface area contributed by atoms with Crippen molar-refractivity contribution >= 4 is 17.3 Å². The standard InChI is InChI=1S/C12H14ClN5/c13-10-2-1-9(6-14)11(5-10)17-3-4-18-8-15-16-12(18)7-17/h1-2,5,8H,3-4,6-7,14H2. The van der Waals surface area contributed by atoms with E-state index in [0.717, 1.165) is 41.7 Å². The third-order valence-corrected chi connectivity index (χ3v) is 3.48. The lowest BCUT2D eigenvalue weighted by Gasteiger charge is -2.30. The topological polar surface area (TPSA) is 60.0 Å². The largest absolute Gasteiger partial charge is 0.362 e. The summed E-state index contributed by atoms with van der Waals surface area (Å²) in [6.45, 7) is 3.06. The number of rotatable bonds is 2. The van der Waals surface area contributed by atoms with Crippen LogP contribution in [0.3, 0.4) is 0 Å². The van der Waals surface area contributed by atoms with Crippen molar-refractivity contribution in [2.24, 2.45) is 5.73 Å². The molecule has 0 bridgehead atoms. The summed E-state index contributed by atoms with van der Waals surface area (Å²) >= 11 is 6.07. The maximum Gasteiger partial charge on any atom is 0.152 e.